The molecule has 5 aromatic rings. The summed E-state index contributed by atoms with van der Waals surface area (Å²) in [4.78, 5) is 32.4. The van der Waals surface area contributed by atoms with Crippen LogP contribution in [0, 0.1) is 27.7 Å². The van der Waals surface area contributed by atoms with E-state index >= 15 is 0 Å². The van der Waals surface area contributed by atoms with Crippen LogP contribution in [-0.2, 0) is 41.4 Å². The highest BCUT2D eigenvalue weighted by Gasteiger charge is 2.25. The standard InChI is InChI=1S/C36H43N7O6S/c1-8-10-15-31-37-24(5)32(35(44)38-33-22(3)19-42(7)39-33)36(45)43(31)20-26-16-17-28(27(18-26)21-48-9-2)29-13-11-12-14-30(29)50(46,47)41-34-23(4)25(6)49-40-34/h11-14,16-19H,8-10,15,20-21H2,1-7H3,(H,40,41)(H,38,39,44). The molecule has 0 saturated carbocycles. The van der Waals surface area contributed by atoms with Gasteiger partial charge in [0.2, 0.25) is 0 Å². The number of anilines is 2. The molecule has 1 amide bonds. The van der Waals surface area contributed by atoms with Crippen LogP contribution in [0.3, 0.4) is 0 Å². The Labute approximate surface area is 291 Å². The molecule has 264 valence electrons. The Morgan fingerprint density at radius 3 is 2.44 bits per heavy atom. The van der Waals surface area contributed by atoms with E-state index in [1.165, 1.54) is 6.07 Å². The minimum Gasteiger partial charge on any atom is -0.377 e. The van der Waals surface area contributed by atoms with E-state index in [1.54, 1.807) is 61.5 Å². The maximum absolute atomic E-state index is 14.1. The van der Waals surface area contributed by atoms with Crippen LogP contribution in [0.25, 0.3) is 11.1 Å². The Balaban J connectivity index is 1.56. The van der Waals surface area contributed by atoms with Gasteiger partial charge in [-0.2, -0.15) is 5.10 Å². The number of hydrogen-bond donors (Lipinski definition) is 2. The van der Waals surface area contributed by atoms with Gasteiger partial charge in [0.1, 0.15) is 17.1 Å². The summed E-state index contributed by atoms with van der Waals surface area (Å²) < 4.78 is 44.1. The monoisotopic (exact) mass is 701 g/mol. The van der Waals surface area contributed by atoms with Gasteiger partial charge < -0.3 is 14.6 Å². The zero-order valence-corrected chi connectivity index (χ0v) is 30.3. The Morgan fingerprint density at radius 2 is 1.78 bits per heavy atom. The van der Waals surface area contributed by atoms with Gasteiger partial charge in [0.25, 0.3) is 21.5 Å². The Kier molecular flexibility index (Phi) is 11.0. The van der Waals surface area contributed by atoms with Crippen molar-refractivity contribution < 1.29 is 22.5 Å². The first-order valence-corrected chi connectivity index (χ1v) is 18.0. The maximum Gasteiger partial charge on any atom is 0.266 e. The van der Waals surface area contributed by atoms with Crippen molar-refractivity contribution in [2.24, 2.45) is 7.05 Å². The smallest absolute Gasteiger partial charge is 0.266 e. The number of unbranched alkanes of at least 4 members (excludes halogenated alkanes) is 1. The van der Waals surface area contributed by atoms with E-state index in [2.05, 4.69) is 27.2 Å². The fraction of sp³-hybridized carbons (Fsp3) is 0.361. The molecule has 0 aliphatic heterocycles. The molecule has 2 N–H and O–H groups in total. The topological polar surface area (TPSA) is 163 Å². The molecular weight excluding hydrogens is 659 g/mol. The van der Waals surface area contributed by atoms with Gasteiger partial charge in [-0.05, 0) is 63.8 Å². The van der Waals surface area contributed by atoms with E-state index in [1.807, 2.05) is 32.0 Å². The van der Waals surface area contributed by atoms with Crippen molar-refractivity contribution in [3.8, 4) is 11.1 Å². The predicted octanol–water partition coefficient (Wildman–Crippen LogP) is 5.85. The van der Waals surface area contributed by atoms with Crippen molar-refractivity contribution in [3.05, 3.63) is 104 Å². The second-order valence-electron chi connectivity index (χ2n) is 12.2. The van der Waals surface area contributed by atoms with Crippen LogP contribution >= 0.6 is 0 Å². The fourth-order valence-electron chi connectivity index (χ4n) is 5.71. The number of hydrogen-bond acceptors (Lipinski definition) is 9. The molecular formula is C36H43N7O6S. The second-order valence-corrected chi connectivity index (χ2v) is 13.9. The largest absolute Gasteiger partial charge is 0.377 e. The summed E-state index contributed by atoms with van der Waals surface area (Å²) in [7, 11) is -2.31. The lowest BCUT2D eigenvalue weighted by molar-refractivity contribution is 0.102. The lowest BCUT2D eigenvalue weighted by Crippen LogP contribution is -2.34. The molecule has 13 nitrogen and oxygen atoms in total. The van der Waals surface area contributed by atoms with Crippen LogP contribution in [0.2, 0.25) is 0 Å². The molecule has 3 aromatic heterocycles. The molecule has 0 atom stereocenters. The average molecular weight is 702 g/mol. The van der Waals surface area contributed by atoms with Crippen LogP contribution in [0.4, 0.5) is 11.6 Å². The number of aromatic nitrogens is 5. The number of benzene rings is 2. The third-order valence-corrected chi connectivity index (χ3v) is 9.88. The number of ether oxygens (including phenoxy) is 1. The third-order valence-electron chi connectivity index (χ3n) is 8.48. The zero-order valence-electron chi connectivity index (χ0n) is 29.5. The highest BCUT2D eigenvalue weighted by Crippen LogP contribution is 2.33. The van der Waals surface area contributed by atoms with Gasteiger partial charge in [0.05, 0.1) is 23.7 Å². The van der Waals surface area contributed by atoms with Crippen LogP contribution in [0.15, 0.2) is 62.9 Å². The highest BCUT2D eigenvalue weighted by atomic mass is 32.2. The van der Waals surface area contributed by atoms with E-state index in [-0.39, 0.29) is 29.4 Å². The molecule has 0 aliphatic rings. The van der Waals surface area contributed by atoms with Crippen molar-refractivity contribution in [3.63, 3.8) is 0 Å². The van der Waals surface area contributed by atoms with Gasteiger partial charge >= 0.3 is 0 Å². The van der Waals surface area contributed by atoms with Crippen molar-refractivity contribution in [1.29, 1.82) is 0 Å². The van der Waals surface area contributed by atoms with Gasteiger partial charge in [-0.1, -0.05) is 54.9 Å². The third kappa shape index (κ3) is 7.71. The highest BCUT2D eigenvalue weighted by molar-refractivity contribution is 7.92. The Hall–Kier alpha value is -5.08. The molecule has 14 heteroatoms. The van der Waals surface area contributed by atoms with Gasteiger partial charge in [-0.15, -0.1) is 0 Å². The van der Waals surface area contributed by atoms with Crippen molar-refractivity contribution in [1.82, 2.24) is 24.5 Å². The average Bonchev–Trinajstić information content (AvgIpc) is 3.57. The molecule has 3 heterocycles. The van der Waals surface area contributed by atoms with Crippen LogP contribution in [0.5, 0.6) is 0 Å². The molecule has 50 heavy (non-hydrogen) atoms. The summed E-state index contributed by atoms with van der Waals surface area (Å²) in [5, 5.41) is 10.9. The first-order chi connectivity index (χ1) is 23.8. The predicted molar refractivity (Wildman–Crippen MR) is 191 cm³/mol. The summed E-state index contributed by atoms with van der Waals surface area (Å²) in [5.41, 5.74) is 3.82. The zero-order chi connectivity index (χ0) is 36.2. The lowest BCUT2D eigenvalue weighted by atomic mass is 9.97. The second kappa shape index (κ2) is 15.2. The number of carbonyl (C=O) groups excluding carboxylic acids is 1. The van der Waals surface area contributed by atoms with Crippen molar-refractivity contribution in [2.45, 2.75) is 78.9 Å². The fourth-order valence-corrected chi connectivity index (χ4v) is 6.99. The molecule has 0 aliphatic carbocycles. The summed E-state index contributed by atoms with van der Waals surface area (Å²) in [6, 6.07) is 12.3. The summed E-state index contributed by atoms with van der Waals surface area (Å²) in [6.07, 6.45) is 4.04. The Morgan fingerprint density at radius 1 is 1.02 bits per heavy atom. The van der Waals surface area contributed by atoms with E-state index < -0.39 is 21.5 Å². The first-order valence-electron chi connectivity index (χ1n) is 16.5. The molecule has 0 radical (unpaired) electrons. The summed E-state index contributed by atoms with van der Waals surface area (Å²) in [5.74, 6) is 1.02. The van der Waals surface area contributed by atoms with Gasteiger partial charge in [0, 0.05) is 43.0 Å². The van der Waals surface area contributed by atoms with Crippen molar-refractivity contribution in [2.75, 3.05) is 16.6 Å². The van der Waals surface area contributed by atoms with Crippen molar-refractivity contribution >= 4 is 27.6 Å². The van der Waals surface area contributed by atoms with Gasteiger partial charge in [-0.25, -0.2) is 13.4 Å². The molecule has 0 bridgehead atoms. The molecule has 5 rings (SSSR count). The molecule has 0 spiro atoms. The van der Waals surface area contributed by atoms with E-state index in [9.17, 15) is 18.0 Å². The quantitative estimate of drug-likeness (QED) is 0.145. The maximum atomic E-state index is 14.1. The van der Waals surface area contributed by atoms with Crippen LogP contribution < -0.4 is 15.6 Å². The normalized spacial score (nSPS) is 11.6. The number of aryl methyl sites for hydroxylation is 5. The lowest BCUT2D eigenvalue weighted by Gasteiger charge is -2.18. The van der Waals surface area contributed by atoms with Crippen LogP contribution in [0.1, 0.15) is 76.6 Å². The Bertz CT molecular complexity index is 2200. The summed E-state index contributed by atoms with van der Waals surface area (Å²) in [6.45, 7) is 11.6. The number of nitrogens with zero attached hydrogens (tertiary/aromatic N) is 5. The molecule has 0 fully saturated rings. The SMILES string of the molecule is CCCCc1nc(C)c(C(=O)Nc2nn(C)cc2C)c(=O)n1Cc1ccc(-c2ccccc2S(=O)(=O)Nc2noc(C)c2C)c(COCC)c1. The number of carbonyl (C=O) groups is 1. The minimum atomic E-state index is -4.07. The number of sulfonamides is 1. The number of rotatable bonds is 14. The van der Waals surface area contributed by atoms with E-state index in [4.69, 9.17) is 14.2 Å². The van der Waals surface area contributed by atoms with E-state index in [0.29, 0.717) is 52.8 Å². The number of amides is 1. The molecule has 0 saturated heterocycles. The minimum absolute atomic E-state index is 0.0503. The molecule has 0 unspecified atom stereocenters. The summed E-state index contributed by atoms with van der Waals surface area (Å²) >= 11 is 0. The van der Waals surface area contributed by atoms with Gasteiger partial charge in [-0.3, -0.25) is 23.6 Å². The molecule has 2 aromatic carbocycles. The first kappa shape index (κ1) is 36.2. The number of nitrogens with one attached hydrogen (secondary N) is 2. The van der Waals surface area contributed by atoms with E-state index in [0.717, 1.165) is 29.5 Å². The van der Waals surface area contributed by atoms with Gasteiger partial charge in [0.15, 0.2) is 11.6 Å². The van der Waals surface area contributed by atoms with Crippen LogP contribution in [-0.4, -0.2) is 45.4 Å².